The highest BCUT2D eigenvalue weighted by atomic mass is 19.1. The summed E-state index contributed by atoms with van der Waals surface area (Å²) >= 11 is 0. The lowest BCUT2D eigenvalue weighted by molar-refractivity contribution is 0.575. The van der Waals surface area contributed by atoms with Crippen molar-refractivity contribution in [1.82, 2.24) is 9.97 Å². The smallest absolute Gasteiger partial charge is 0.168 e. The molecule has 20 heavy (non-hydrogen) atoms. The van der Waals surface area contributed by atoms with Gasteiger partial charge in [-0.05, 0) is 11.6 Å². The Kier molecular flexibility index (Phi) is 3.25. The van der Waals surface area contributed by atoms with Crippen molar-refractivity contribution in [2.75, 3.05) is 5.32 Å². The molecule has 0 aliphatic heterocycles. The van der Waals surface area contributed by atoms with Crippen molar-refractivity contribution < 1.29 is 8.78 Å². The number of hydrogen-bond acceptors (Lipinski definition) is 3. The van der Waals surface area contributed by atoms with E-state index in [1.807, 2.05) is 30.3 Å². The van der Waals surface area contributed by atoms with Crippen molar-refractivity contribution in [2.45, 2.75) is 6.54 Å². The summed E-state index contributed by atoms with van der Waals surface area (Å²) < 4.78 is 26.3. The van der Waals surface area contributed by atoms with Crippen LogP contribution < -0.4 is 5.32 Å². The number of pyridine rings is 2. The summed E-state index contributed by atoms with van der Waals surface area (Å²) in [5.41, 5.74) is 1.78. The van der Waals surface area contributed by atoms with Crippen LogP contribution in [0.15, 0.2) is 48.8 Å². The predicted molar refractivity (Wildman–Crippen MR) is 73.2 cm³/mol. The molecule has 1 aromatic carbocycles. The minimum Gasteiger partial charge on any atom is -0.363 e. The normalized spacial score (nSPS) is 10.7. The van der Waals surface area contributed by atoms with Gasteiger partial charge in [0.15, 0.2) is 11.6 Å². The number of anilines is 1. The van der Waals surface area contributed by atoms with E-state index in [0.29, 0.717) is 6.54 Å². The zero-order valence-corrected chi connectivity index (χ0v) is 10.5. The summed E-state index contributed by atoms with van der Waals surface area (Å²) in [7, 11) is 0. The fourth-order valence-electron chi connectivity index (χ4n) is 2.03. The molecule has 0 fully saturated rings. The largest absolute Gasteiger partial charge is 0.363 e. The Morgan fingerprint density at radius 2 is 1.90 bits per heavy atom. The Hall–Kier alpha value is -2.56. The SMILES string of the molecule is Fc1cnc(NCc2cccc3cccnc23)c(F)c1. The monoisotopic (exact) mass is 271 g/mol. The summed E-state index contributed by atoms with van der Waals surface area (Å²) in [5, 5.41) is 3.87. The minimum atomic E-state index is -0.710. The van der Waals surface area contributed by atoms with Crippen LogP contribution in [0.3, 0.4) is 0 Å². The molecule has 0 aliphatic carbocycles. The molecule has 3 rings (SSSR count). The summed E-state index contributed by atoms with van der Waals surface area (Å²) in [6.45, 7) is 0.365. The van der Waals surface area contributed by atoms with Gasteiger partial charge in [-0.3, -0.25) is 4.98 Å². The van der Waals surface area contributed by atoms with Crippen molar-refractivity contribution in [2.24, 2.45) is 0 Å². The quantitative estimate of drug-likeness (QED) is 0.792. The molecule has 3 nitrogen and oxygen atoms in total. The molecule has 0 unspecified atom stereocenters. The number of para-hydroxylation sites is 1. The van der Waals surface area contributed by atoms with Gasteiger partial charge in [0.25, 0.3) is 0 Å². The lowest BCUT2D eigenvalue weighted by atomic mass is 10.1. The van der Waals surface area contributed by atoms with Crippen LogP contribution in [-0.4, -0.2) is 9.97 Å². The number of benzene rings is 1. The van der Waals surface area contributed by atoms with Gasteiger partial charge in [-0.1, -0.05) is 24.3 Å². The van der Waals surface area contributed by atoms with E-state index in [1.165, 1.54) is 0 Å². The molecule has 0 amide bonds. The third kappa shape index (κ3) is 2.42. The maximum Gasteiger partial charge on any atom is 0.168 e. The van der Waals surface area contributed by atoms with Gasteiger partial charge in [-0.15, -0.1) is 0 Å². The van der Waals surface area contributed by atoms with Crippen molar-refractivity contribution in [3.8, 4) is 0 Å². The molecular formula is C15H11F2N3. The molecule has 0 bridgehead atoms. The van der Waals surface area contributed by atoms with E-state index in [1.54, 1.807) is 6.20 Å². The third-order valence-corrected chi connectivity index (χ3v) is 2.97. The second-order valence-electron chi connectivity index (χ2n) is 4.33. The lowest BCUT2D eigenvalue weighted by Crippen LogP contribution is -2.04. The zero-order valence-electron chi connectivity index (χ0n) is 10.5. The van der Waals surface area contributed by atoms with E-state index >= 15 is 0 Å². The highest BCUT2D eigenvalue weighted by Crippen LogP contribution is 2.18. The average molecular weight is 271 g/mol. The van der Waals surface area contributed by atoms with Crippen LogP contribution in [0, 0.1) is 11.6 Å². The molecule has 0 atom stereocenters. The van der Waals surface area contributed by atoms with Gasteiger partial charge in [0.05, 0.1) is 11.7 Å². The first-order chi connectivity index (χ1) is 9.74. The van der Waals surface area contributed by atoms with Gasteiger partial charge in [-0.25, -0.2) is 13.8 Å². The Balaban J connectivity index is 1.87. The Morgan fingerprint density at radius 1 is 1.05 bits per heavy atom. The van der Waals surface area contributed by atoms with Crippen molar-refractivity contribution in [1.29, 1.82) is 0 Å². The first-order valence-corrected chi connectivity index (χ1v) is 6.11. The number of nitrogens with zero attached hydrogens (tertiary/aromatic N) is 2. The van der Waals surface area contributed by atoms with Crippen molar-refractivity contribution >= 4 is 16.7 Å². The van der Waals surface area contributed by atoms with E-state index in [0.717, 1.165) is 28.7 Å². The van der Waals surface area contributed by atoms with E-state index in [2.05, 4.69) is 15.3 Å². The number of hydrogen-bond donors (Lipinski definition) is 1. The van der Waals surface area contributed by atoms with Gasteiger partial charge in [-0.2, -0.15) is 0 Å². The van der Waals surface area contributed by atoms with E-state index < -0.39 is 11.6 Å². The van der Waals surface area contributed by atoms with Gasteiger partial charge < -0.3 is 5.32 Å². The van der Waals surface area contributed by atoms with Crippen molar-refractivity contribution in [3.63, 3.8) is 0 Å². The molecule has 5 heteroatoms. The van der Waals surface area contributed by atoms with Crippen LogP contribution >= 0.6 is 0 Å². The fraction of sp³-hybridized carbons (Fsp3) is 0.0667. The molecule has 0 saturated heterocycles. The van der Waals surface area contributed by atoms with E-state index in [9.17, 15) is 8.78 Å². The molecule has 1 N–H and O–H groups in total. The van der Waals surface area contributed by atoms with Gasteiger partial charge in [0.2, 0.25) is 0 Å². The van der Waals surface area contributed by atoms with Crippen LogP contribution in [0.5, 0.6) is 0 Å². The topological polar surface area (TPSA) is 37.8 Å². The summed E-state index contributed by atoms with van der Waals surface area (Å²) in [4.78, 5) is 8.01. The first-order valence-electron chi connectivity index (χ1n) is 6.11. The molecule has 0 saturated carbocycles. The Bertz CT molecular complexity index is 754. The van der Waals surface area contributed by atoms with Gasteiger partial charge >= 0.3 is 0 Å². The Labute approximate surface area is 114 Å². The second kappa shape index (κ2) is 5.21. The third-order valence-electron chi connectivity index (χ3n) is 2.97. The van der Waals surface area contributed by atoms with E-state index in [4.69, 9.17) is 0 Å². The molecule has 100 valence electrons. The first kappa shape index (κ1) is 12.5. The van der Waals surface area contributed by atoms with Crippen LogP contribution in [-0.2, 0) is 6.54 Å². The molecule has 0 radical (unpaired) electrons. The number of fused-ring (bicyclic) bond motifs is 1. The number of nitrogens with one attached hydrogen (secondary N) is 1. The predicted octanol–water partition coefficient (Wildman–Crippen LogP) is 3.52. The summed E-state index contributed by atoms with van der Waals surface area (Å²) in [6, 6.07) is 10.4. The van der Waals surface area contributed by atoms with Crippen LogP contribution in [0.25, 0.3) is 10.9 Å². The lowest BCUT2D eigenvalue weighted by Gasteiger charge is -2.08. The molecule has 2 aromatic heterocycles. The number of rotatable bonds is 3. The molecule has 0 aliphatic rings. The number of aromatic nitrogens is 2. The summed E-state index contributed by atoms with van der Waals surface area (Å²) in [6.07, 6.45) is 2.69. The Morgan fingerprint density at radius 3 is 2.75 bits per heavy atom. The highest BCUT2D eigenvalue weighted by Gasteiger charge is 2.06. The van der Waals surface area contributed by atoms with E-state index in [-0.39, 0.29) is 5.82 Å². The molecule has 0 spiro atoms. The fourth-order valence-corrected chi connectivity index (χ4v) is 2.03. The highest BCUT2D eigenvalue weighted by molar-refractivity contribution is 5.81. The standard InChI is InChI=1S/C15H11F2N3/c16-12-7-13(17)15(20-9-12)19-8-11-4-1-3-10-5-2-6-18-14(10)11/h1-7,9H,8H2,(H,19,20). The molecular weight excluding hydrogens is 260 g/mol. The number of halogens is 2. The van der Waals surface area contributed by atoms with Crippen LogP contribution in [0.2, 0.25) is 0 Å². The minimum absolute atomic E-state index is 0.0272. The van der Waals surface area contributed by atoms with Crippen molar-refractivity contribution in [3.05, 3.63) is 66.0 Å². The maximum absolute atomic E-state index is 13.5. The van der Waals surface area contributed by atoms with Crippen LogP contribution in [0.4, 0.5) is 14.6 Å². The summed E-state index contributed by atoms with van der Waals surface area (Å²) in [5.74, 6) is -1.38. The average Bonchev–Trinajstić information content (AvgIpc) is 2.46. The van der Waals surface area contributed by atoms with Gasteiger partial charge in [0, 0.05) is 24.2 Å². The van der Waals surface area contributed by atoms with Crippen LogP contribution in [0.1, 0.15) is 5.56 Å². The molecule has 3 aromatic rings. The maximum atomic E-state index is 13.5. The van der Waals surface area contributed by atoms with Gasteiger partial charge in [0.1, 0.15) is 5.82 Å². The zero-order chi connectivity index (χ0) is 13.9. The molecule has 2 heterocycles. The second-order valence-corrected chi connectivity index (χ2v) is 4.33.